The summed E-state index contributed by atoms with van der Waals surface area (Å²) < 4.78 is 1.79. The van der Waals surface area contributed by atoms with Gasteiger partial charge >= 0.3 is 6.03 Å². The van der Waals surface area contributed by atoms with Crippen molar-refractivity contribution in [2.45, 2.75) is 45.3 Å². The number of aromatic nitrogens is 2. The fraction of sp³-hybridized carbons (Fsp3) is 0.714. The van der Waals surface area contributed by atoms with E-state index in [1.165, 1.54) is 0 Å². The highest BCUT2D eigenvalue weighted by atomic mass is 16.3. The number of hydrogen-bond donors (Lipinski definition) is 3. The van der Waals surface area contributed by atoms with Gasteiger partial charge in [0.25, 0.3) is 0 Å². The van der Waals surface area contributed by atoms with Crippen LogP contribution in [0.4, 0.5) is 4.79 Å². The molecule has 1 fully saturated rings. The van der Waals surface area contributed by atoms with E-state index < -0.39 is 0 Å². The zero-order chi connectivity index (χ0) is 14.5. The second-order valence-corrected chi connectivity index (χ2v) is 5.63. The SMILES string of the molecule is Cc1c(CNC(=O)NCC2CCCC(O)C2)cnn1C. The summed E-state index contributed by atoms with van der Waals surface area (Å²) in [7, 11) is 1.88. The third-order valence-electron chi connectivity index (χ3n) is 4.08. The second-order valence-electron chi connectivity index (χ2n) is 5.63. The maximum absolute atomic E-state index is 11.7. The molecule has 0 saturated heterocycles. The Labute approximate surface area is 119 Å². The van der Waals surface area contributed by atoms with Crippen molar-refractivity contribution in [3.63, 3.8) is 0 Å². The molecule has 1 aliphatic rings. The highest BCUT2D eigenvalue weighted by Crippen LogP contribution is 2.23. The maximum Gasteiger partial charge on any atom is 0.315 e. The van der Waals surface area contributed by atoms with E-state index in [1.807, 2.05) is 14.0 Å². The maximum atomic E-state index is 11.7. The summed E-state index contributed by atoms with van der Waals surface area (Å²) in [6.45, 7) is 3.10. The molecule has 0 bridgehead atoms. The van der Waals surface area contributed by atoms with Crippen molar-refractivity contribution < 1.29 is 9.90 Å². The first-order valence-electron chi connectivity index (χ1n) is 7.23. The average molecular weight is 280 g/mol. The predicted octanol–water partition coefficient (Wildman–Crippen LogP) is 1.08. The first-order chi connectivity index (χ1) is 9.56. The molecular weight excluding hydrogens is 256 g/mol. The molecule has 1 saturated carbocycles. The lowest BCUT2D eigenvalue weighted by molar-refractivity contribution is 0.101. The average Bonchev–Trinajstić information content (AvgIpc) is 2.74. The number of rotatable bonds is 4. The van der Waals surface area contributed by atoms with Gasteiger partial charge in [-0.05, 0) is 32.1 Å². The highest BCUT2D eigenvalue weighted by molar-refractivity contribution is 5.73. The molecule has 3 N–H and O–H groups in total. The number of nitrogens with zero attached hydrogens (tertiary/aromatic N) is 2. The zero-order valence-electron chi connectivity index (χ0n) is 12.2. The Kier molecular flexibility index (Phi) is 5.00. The molecule has 0 spiro atoms. The minimum Gasteiger partial charge on any atom is -0.393 e. The predicted molar refractivity (Wildman–Crippen MR) is 76.1 cm³/mol. The minimum atomic E-state index is -0.198. The van der Waals surface area contributed by atoms with Crippen molar-refractivity contribution in [1.82, 2.24) is 20.4 Å². The number of nitrogens with one attached hydrogen (secondary N) is 2. The molecule has 2 atom stereocenters. The Morgan fingerprint density at radius 3 is 2.95 bits per heavy atom. The molecule has 6 nitrogen and oxygen atoms in total. The molecule has 6 heteroatoms. The van der Waals surface area contributed by atoms with E-state index in [2.05, 4.69) is 15.7 Å². The Balaban J connectivity index is 1.69. The number of aryl methyl sites for hydroxylation is 1. The lowest BCUT2D eigenvalue weighted by Gasteiger charge is -2.25. The fourth-order valence-corrected chi connectivity index (χ4v) is 2.64. The smallest absolute Gasteiger partial charge is 0.315 e. The van der Waals surface area contributed by atoms with Crippen LogP contribution in [-0.4, -0.2) is 33.6 Å². The first-order valence-corrected chi connectivity index (χ1v) is 7.23. The summed E-state index contributed by atoms with van der Waals surface area (Å²) in [4.78, 5) is 11.7. The largest absolute Gasteiger partial charge is 0.393 e. The Hall–Kier alpha value is -1.56. The lowest BCUT2D eigenvalue weighted by Crippen LogP contribution is -2.39. The van der Waals surface area contributed by atoms with Gasteiger partial charge < -0.3 is 15.7 Å². The summed E-state index contributed by atoms with van der Waals surface area (Å²) in [6, 6.07) is -0.159. The van der Waals surface area contributed by atoms with E-state index in [0.717, 1.165) is 36.9 Å². The number of aliphatic hydroxyl groups is 1. The first kappa shape index (κ1) is 14.8. The molecule has 1 aromatic heterocycles. The molecule has 0 radical (unpaired) electrons. The van der Waals surface area contributed by atoms with Crippen LogP contribution in [0.3, 0.4) is 0 Å². The van der Waals surface area contributed by atoms with Crippen LogP contribution in [0.15, 0.2) is 6.20 Å². The number of carbonyl (C=O) groups excluding carboxylic acids is 1. The Morgan fingerprint density at radius 1 is 1.50 bits per heavy atom. The van der Waals surface area contributed by atoms with Crippen LogP contribution < -0.4 is 10.6 Å². The van der Waals surface area contributed by atoms with Gasteiger partial charge in [0.1, 0.15) is 0 Å². The molecule has 2 unspecified atom stereocenters. The van der Waals surface area contributed by atoms with Crippen molar-refractivity contribution in [1.29, 1.82) is 0 Å². The van der Waals surface area contributed by atoms with Crippen molar-refractivity contribution in [3.05, 3.63) is 17.5 Å². The number of carbonyl (C=O) groups is 1. The molecule has 112 valence electrons. The summed E-state index contributed by atoms with van der Waals surface area (Å²) in [5.74, 6) is 0.393. The Bertz CT molecular complexity index is 458. The van der Waals surface area contributed by atoms with Gasteiger partial charge in [-0.1, -0.05) is 6.42 Å². The van der Waals surface area contributed by atoms with Crippen LogP contribution in [0.1, 0.15) is 36.9 Å². The quantitative estimate of drug-likeness (QED) is 0.772. The van der Waals surface area contributed by atoms with Crippen LogP contribution in [0.25, 0.3) is 0 Å². The van der Waals surface area contributed by atoms with E-state index in [1.54, 1.807) is 10.9 Å². The Morgan fingerprint density at radius 2 is 2.30 bits per heavy atom. The van der Waals surface area contributed by atoms with Crippen LogP contribution >= 0.6 is 0 Å². The van der Waals surface area contributed by atoms with Crippen LogP contribution in [0.2, 0.25) is 0 Å². The van der Waals surface area contributed by atoms with Crippen LogP contribution in [0.5, 0.6) is 0 Å². The van der Waals surface area contributed by atoms with E-state index in [0.29, 0.717) is 19.0 Å². The minimum absolute atomic E-state index is 0.159. The molecule has 20 heavy (non-hydrogen) atoms. The van der Waals surface area contributed by atoms with Gasteiger partial charge in [-0.15, -0.1) is 0 Å². The van der Waals surface area contributed by atoms with E-state index in [4.69, 9.17) is 0 Å². The summed E-state index contributed by atoms with van der Waals surface area (Å²) in [5, 5.41) is 19.5. The normalized spacial score (nSPS) is 22.6. The topological polar surface area (TPSA) is 79.2 Å². The molecule has 0 aromatic carbocycles. The van der Waals surface area contributed by atoms with E-state index in [9.17, 15) is 9.90 Å². The summed E-state index contributed by atoms with van der Waals surface area (Å²) in [5.41, 5.74) is 2.08. The molecule has 1 aliphatic carbocycles. The highest BCUT2D eigenvalue weighted by Gasteiger charge is 2.20. The van der Waals surface area contributed by atoms with Crippen molar-refractivity contribution in [2.24, 2.45) is 13.0 Å². The molecule has 0 aliphatic heterocycles. The van der Waals surface area contributed by atoms with Crippen molar-refractivity contribution >= 4 is 6.03 Å². The number of aliphatic hydroxyl groups excluding tert-OH is 1. The lowest BCUT2D eigenvalue weighted by atomic mass is 9.87. The summed E-state index contributed by atoms with van der Waals surface area (Å²) in [6.07, 6.45) is 5.39. The van der Waals surface area contributed by atoms with Crippen LogP contribution in [0, 0.1) is 12.8 Å². The number of urea groups is 1. The number of hydrogen-bond acceptors (Lipinski definition) is 3. The van der Waals surface area contributed by atoms with Gasteiger partial charge in [-0.2, -0.15) is 5.10 Å². The third kappa shape index (κ3) is 3.96. The van der Waals surface area contributed by atoms with Crippen molar-refractivity contribution in [3.8, 4) is 0 Å². The van der Waals surface area contributed by atoms with Crippen molar-refractivity contribution in [2.75, 3.05) is 6.54 Å². The molecule has 1 aromatic rings. The molecule has 1 heterocycles. The zero-order valence-corrected chi connectivity index (χ0v) is 12.2. The van der Waals surface area contributed by atoms with Gasteiger partial charge in [0, 0.05) is 31.4 Å². The van der Waals surface area contributed by atoms with Gasteiger partial charge in [-0.25, -0.2) is 4.79 Å². The fourth-order valence-electron chi connectivity index (χ4n) is 2.64. The van der Waals surface area contributed by atoms with Crippen LogP contribution in [-0.2, 0) is 13.6 Å². The van der Waals surface area contributed by atoms with E-state index >= 15 is 0 Å². The van der Waals surface area contributed by atoms with Gasteiger partial charge in [0.15, 0.2) is 0 Å². The number of amides is 2. The second kappa shape index (κ2) is 6.74. The third-order valence-corrected chi connectivity index (χ3v) is 4.08. The molecule has 2 amide bonds. The van der Waals surface area contributed by atoms with Gasteiger partial charge in [0.2, 0.25) is 0 Å². The standard InChI is InChI=1S/C14H24N4O2/c1-10-12(9-17-18(10)2)8-16-14(20)15-7-11-4-3-5-13(19)6-11/h9,11,13,19H,3-8H2,1-2H3,(H2,15,16,20). The molecular formula is C14H24N4O2. The van der Waals surface area contributed by atoms with Gasteiger partial charge in [0.05, 0.1) is 12.3 Å². The molecule has 2 rings (SSSR count). The monoisotopic (exact) mass is 280 g/mol. The van der Waals surface area contributed by atoms with Gasteiger partial charge in [-0.3, -0.25) is 4.68 Å². The van der Waals surface area contributed by atoms with E-state index in [-0.39, 0.29) is 12.1 Å². The summed E-state index contributed by atoms with van der Waals surface area (Å²) >= 11 is 0.